The molecule has 5 rings (SSSR count). The summed E-state index contributed by atoms with van der Waals surface area (Å²) in [6.07, 6.45) is 7.69. The third-order valence-corrected chi connectivity index (χ3v) is 10.1. The first kappa shape index (κ1) is 18.8. The van der Waals surface area contributed by atoms with Crippen molar-refractivity contribution in [3.8, 4) is 0 Å². The highest BCUT2D eigenvalue weighted by Crippen LogP contribution is 2.71. The lowest BCUT2D eigenvalue weighted by Crippen LogP contribution is -2.64. The summed E-state index contributed by atoms with van der Waals surface area (Å²) in [5.74, 6) is 1.62. The Morgan fingerprint density at radius 2 is 1.64 bits per heavy atom. The van der Waals surface area contributed by atoms with E-state index in [9.17, 15) is 15.0 Å². The Bertz CT molecular complexity index is 790. The van der Waals surface area contributed by atoms with Crippen LogP contribution in [0.5, 0.6) is 0 Å². The molecule has 1 aromatic rings. The molecule has 0 aromatic heterocycles. The van der Waals surface area contributed by atoms with Gasteiger partial charge in [-0.15, -0.1) is 0 Å². The molecule has 0 spiro atoms. The van der Waals surface area contributed by atoms with Gasteiger partial charge in [0.15, 0.2) is 0 Å². The van der Waals surface area contributed by atoms with Gasteiger partial charge < -0.3 is 10.2 Å². The molecule has 0 radical (unpaired) electrons. The molecule has 2 N–H and O–H groups in total. The lowest BCUT2D eigenvalue weighted by Gasteiger charge is -2.64. The first-order valence-electron chi connectivity index (χ1n) is 11.3. The van der Waals surface area contributed by atoms with Crippen LogP contribution in [0.3, 0.4) is 0 Å². The molecule has 3 nitrogen and oxygen atoms in total. The van der Waals surface area contributed by atoms with Crippen LogP contribution in [-0.2, 0) is 10.4 Å². The monoisotopic (exact) mass is 382 g/mol. The van der Waals surface area contributed by atoms with Crippen LogP contribution in [-0.4, -0.2) is 21.6 Å². The Labute approximate surface area is 168 Å². The van der Waals surface area contributed by atoms with E-state index in [1.165, 1.54) is 0 Å². The van der Waals surface area contributed by atoms with Crippen LogP contribution < -0.4 is 0 Å². The predicted molar refractivity (Wildman–Crippen MR) is 109 cm³/mol. The topological polar surface area (TPSA) is 57.5 Å². The van der Waals surface area contributed by atoms with Gasteiger partial charge in [0, 0.05) is 18.3 Å². The van der Waals surface area contributed by atoms with Gasteiger partial charge in [0.05, 0.1) is 11.2 Å². The van der Waals surface area contributed by atoms with E-state index in [2.05, 4.69) is 13.8 Å². The quantitative estimate of drug-likeness (QED) is 0.746. The largest absolute Gasteiger partial charge is 0.389 e. The van der Waals surface area contributed by atoms with Gasteiger partial charge in [-0.1, -0.05) is 44.2 Å². The molecule has 0 saturated heterocycles. The molecule has 152 valence electrons. The van der Waals surface area contributed by atoms with E-state index >= 15 is 0 Å². The van der Waals surface area contributed by atoms with E-state index in [-0.39, 0.29) is 11.3 Å². The summed E-state index contributed by atoms with van der Waals surface area (Å²) in [7, 11) is 0. The molecule has 4 aliphatic carbocycles. The molecule has 7 atom stereocenters. The van der Waals surface area contributed by atoms with E-state index in [0.29, 0.717) is 36.9 Å². The number of Topliss-reactive ketones (excluding diaryl/α,β-unsaturated/α-hetero) is 1. The van der Waals surface area contributed by atoms with Gasteiger partial charge in [-0.05, 0) is 73.7 Å². The normalized spacial score (nSPS) is 50.6. The van der Waals surface area contributed by atoms with E-state index in [4.69, 9.17) is 0 Å². The average Bonchev–Trinajstić information content (AvgIpc) is 2.91. The Morgan fingerprint density at radius 1 is 0.893 bits per heavy atom. The SMILES string of the molecule is C[C@]12CCC(=O)C[C@@H]1CC[C@@H]1[C@@H]2CC[C@]2(C)[C@@](O)(c3ccccc3)CC[C@]12O. The molecule has 4 saturated carbocycles. The Kier molecular flexibility index (Phi) is 3.98. The van der Waals surface area contributed by atoms with Crippen LogP contribution >= 0.6 is 0 Å². The fourth-order valence-electron chi connectivity index (χ4n) is 8.21. The molecule has 0 heterocycles. The Hall–Kier alpha value is -1.19. The van der Waals surface area contributed by atoms with Crippen molar-refractivity contribution in [2.24, 2.45) is 28.6 Å². The van der Waals surface area contributed by atoms with Gasteiger partial charge in [0.1, 0.15) is 5.78 Å². The number of hydrogen-bond donors (Lipinski definition) is 2. The van der Waals surface area contributed by atoms with Crippen LogP contribution in [0.25, 0.3) is 0 Å². The zero-order valence-electron chi connectivity index (χ0n) is 17.3. The molecule has 3 heteroatoms. The average molecular weight is 383 g/mol. The van der Waals surface area contributed by atoms with Gasteiger partial charge in [0.25, 0.3) is 0 Å². The van der Waals surface area contributed by atoms with E-state index in [0.717, 1.165) is 44.1 Å². The molecule has 0 unspecified atom stereocenters. The fourth-order valence-corrected chi connectivity index (χ4v) is 8.21. The van der Waals surface area contributed by atoms with Gasteiger partial charge >= 0.3 is 0 Å². The highest BCUT2D eigenvalue weighted by molar-refractivity contribution is 5.79. The van der Waals surface area contributed by atoms with Gasteiger partial charge in [-0.25, -0.2) is 0 Å². The van der Waals surface area contributed by atoms with Crippen molar-refractivity contribution in [3.05, 3.63) is 35.9 Å². The fraction of sp³-hybridized carbons (Fsp3) is 0.720. The number of aliphatic hydroxyl groups is 2. The van der Waals surface area contributed by atoms with Gasteiger partial charge in [0.2, 0.25) is 0 Å². The number of fused-ring (bicyclic) bond motifs is 5. The Balaban J connectivity index is 1.53. The maximum Gasteiger partial charge on any atom is 0.133 e. The van der Waals surface area contributed by atoms with Crippen molar-refractivity contribution in [2.75, 3.05) is 0 Å². The number of ketones is 1. The summed E-state index contributed by atoms with van der Waals surface area (Å²) in [6, 6.07) is 10.0. The highest BCUT2D eigenvalue weighted by Gasteiger charge is 2.71. The van der Waals surface area contributed by atoms with Crippen LogP contribution in [0.1, 0.15) is 77.2 Å². The first-order chi connectivity index (χ1) is 13.2. The summed E-state index contributed by atoms with van der Waals surface area (Å²) in [5.41, 5.74) is -1.18. The minimum Gasteiger partial charge on any atom is -0.389 e. The summed E-state index contributed by atoms with van der Waals surface area (Å²) in [4.78, 5) is 12.1. The van der Waals surface area contributed by atoms with E-state index in [1.807, 2.05) is 30.3 Å². The molecule has 0 aliphatic heterocycles. The minimum atomic E-state index is -0.964. The van der Waals surface area contributed by atoms with Crippen LogP contribution in [0.15, 0.2) is 30.3 Å². The zero-order valence-corrected chi connectivity index (χ0v) is 17.3. The second-order valence-electron chi connectivity index (χ2n) is 10.8. The zero-order chi connectivity index (χ0) is 19.8. The lowest BCUT2D eigenvalue weighted by molar-refractivity contribution is -0.235. The molecule has 0 bridgehead atoms. The van der Waals surface area contributed by atoms with Gasteiger partial charge in [-0.3, -0.25) is 4.79 Å². The molecule has 4 aliphatic rings. The third kappa shape index (κ3) is 2.15. The van der Waals surface area contributed by atoms with Crippen molar-refractivity contribution < 1.29 is 15.0 Å². The standard InChI is InChI=1S/C25H34O3/c1-22-12-10-19(26)16-18(22)8-9-21-20(22)11-13-23(2)24(27,14-15-25(21,23)28)17-6-4-3-5-7-17/h3-7,18,20-21,27-28H,8-16H2,1-2H3/t18-,20-,21+,22-,23+,24-,25-/m0/s1. The molecule has 1 aromatic carbocycles. The van der Waals surface area contributed by atoms with E-state index in [1.54, 1.807) is 0 Å². The van der Waals surface area contributed by atoms with Crippen molar-refractivity contribution in [3.63, 3.8) is 0 Å². The van der Waals surface area contributed by atoms with Crippen molar-refractivity contribution >= 4 is 5.78 Å². The molecular formula is C25H34O3. The van der Waals surface area contributed by atoms with Crippen molar-refractivity contribution in [1.29, 1.82) is 0 Å². The number of hydrogen-bond acceptors (Lipinski definition) is 3. The van der Waals surface area contributed by atoms with E-state index < -0.39 is 16.6 Å². The molecule has 28 heavy (non-hydrogen) atoms. The highest BCUT2D eigenvalue weighted by atomic mass is 16.3. The smallest absolute Gasteiger partial charge is 0.133 e. The predicted octanol–water partition coefficient (Wildman–Crippen LogP) is 4.60. The van der Waals surface area contributed by atoms with Crippen LogP contribution in [0, 0.1) is 28.6 Å². The van der Waals surface area contributed by atoms with Crippen LogP contribution in [0.2, 0.25) is 0 Å². The number of carbonyl (C=O) groups excluding carboxylic acids is 1. The van der Waals surface area contributed by atoms with Crippen LogP contribution in [0.4, 0.5) is 0 Å². The first-order valence-corrected chi connectivity index (χ1v) is 11.3. The minimum absolute atomic E-state index is 0.168. The number of rotatable bonds is 1. The summed E-state index contributed by atoms with van der Waals surface area (Å²) < 4.78 is 0. The molecular weight excluding hydrogens is 348 g/mol. The second kappa shape index (κ2) is 5.92. The number of carbonyl (C=O) groups is 1. The maximum atomic E-state index is 12.2. The van der Waals surface area contributed by atoms with Crippen molar-refractivity contribution in [2.45, 2.75) is 82.8 Å². The van der Waals surface area contributed by atoms with Gasteiger partial charge in [-0.2, -0.15) is 0 Å². The van der Waals surface area contributed by atoms with Crippen molar-refractivity contribution in [1.82, 2.24) is 0 Å². The third-order valence-electron chi connectivity index (χ3n) is 10.1. The second-order valence-corrected chi connectivity index (χ2v) is 10.8. The summed E-state index contributed by atoms with van der Waals surface area (Å²) >= 11 is 0. The Morgan fingerprint density at radius 3 is 2.39 bits per heavy atom. The summed E-state index contributed by atoms with van der Waals surface area (Å²) in [6.45, 7) is 4.54. The maximum absolute atomic E-state index is 12.2. The molecule has 0 amide bonds. The summed E-state index contributed by atoms with van der Waals surface area (Å²) in [5, 5.41) is 24.1. The lowest BCUT2D eigenvalue weighted by atomic mass is 9.43. The molecule has 4 fully saturated rings. The number of benzene rings is 1.